The molecule has 0 aromatic rings. The van der Waals surface area contributed by atoms with E-state index in [0.29, 0.717) is 15.8 Å². The maximum absolute atomic E-state index is 2.49. The Labute approximate surface area is 120 Å². The van der Waals surface area contributed by atoms with Gasteiger partial charge in [-0.3, -0.25) is 0 Å². The molecule has 1 aliphatic heterocycles. The number of allylic oxidation sites excluding steroid dienone is 8. The normalized spacial score (nSPS) is 28.8. The molecule has 0 aromatic carbocycles. The molecule has 2 heteroatoms. The van der Waals surface area contributed by atoms with Crippen LogP contribution in [0.4, 0.5) is 0 Å². The average Bonchev–Trinajstić information content (AvgIpc) is 3.03. The first-order chi connectivity index (χ1) is 9.11. The highest BCUT2D eigenvalue weighted by Crippen LogP contribution is 2.55. The zero-order valence-electron chi connectivity index (χ0n) is 12.2. The number of hydrogen-bond donors (Lipinski definition) is 0. The summed E-state index contributed by atoms with van der Waals surface area (Å²) in [4.78, 5) is 1.67. The van der Waals surface area contributed by atoms with E-state index in [1.54, 1.807) is 16.1 Å². The van der Waals surface area contributed by atoms with E-state index < -0.39 is 0 Å². The number of fused-ring (bicyclic) bond motifs is 1. The van der Waals surface area contributed by atoms with Crippen molar-refractivity contribution in [2.45, 2.75) is 32.2 Å². The Morgan fingerprint density at radius 2 is 1.79 bits per heavy atom. The van der Waals surface area contributed by atoms with E-state index in [9.17, 15) is 0 Å². The number of hydrogen-bond acceptors (Lipinski definition) is 0. The average molecular weight is 287 g/mol. The quantitative estimate of drug-likeness (QED) is 0.624. The molecule has 0 nitrogen and oxygen atoms in total. The first-order valence-corrected chi connectivity index (χ1v) is 11.6. The summed E-state index contributed by atoms with van der Waals surface area (Å²) >= 11 is 0. The van der Waals surface area contributed by atoms with Crippen molar-refractivity contribution in [2.24, 2.45) is 11.8 Å². The number of rotatable bonds is 2. The molecule has 0 radical (unpaired) electrons. The molecule has 0 amide bonds. The van der Waals surface area contributed by atoms with Gasteiger partial charge in [0.2, 0.25) is 0 Å². The van der Waals surface area contributed by atoms with Crippen molar-refractivity contribution < 1.29 is 0 Å². The monoisotopic (exact) mass is 286 g/mol. The molecule has 0 saturated heterocycles. The van der Waals surface area contributed by atoms with Gasteiger partial charge in [-0.1, -0.05) is 63.4 Å². The van der Waals surface area contributed by atoms with Crippen molar-refractivity contribution in [1.29, 1.82) is 0 Å². The minimum absolute atomic E-state index is 0.290. The summed E-state index contributed by atoms with van der Waals surface area (Å²) in [6.07, 6.45) is 16.2. The van der Waals surface area contributed by atoms with E-state index in [1.807, 2.05) is 0 Å². The van der Waals surface area contributed by atoms with Gasteiger partial charge in [-0.2, -0.15) is 9.89 Å². The summed E-state index contributed by atoms with van der Waals surface area (Å²) in [6, 6.07) is 0. The molecular formula is C17H22SSi. The Morgan fingerprint density at radius 3 is 2.37 bits per heavy atom. The molecule has 3 rings (SSSR count). The SMILES string of the molecule is CC(C)C1C(C2C=CC=C2)=C2C=CC=C2S1=[Si](C)C. The Kier molecular flexibility index (Phi) is 3.48. The molecule has 0 N–H and O–H groups in total. The van der Waals surface area contributed by atoms with Gasteiger partial charge in [-0.25, -0.2) is 0 Å². The van der Waals surface area contributed by atoms with Crippen molar-refractivity contribution >= 4 is 17.4 Å². The van der Waals surface area contributed by atoms with Crippen LogP contribution in [0.2, 0.25) is 13.1 Å². The highest BCUT2D eigenvalue weighted by molar-refractivity contribution is 8.25. The first-order valence-electron chi connectivity index (χ1n) is 7.12. The van der Waals surface area contributed by atoms with Gasteiger partial charge in [0.15, 0.2) is 0 Å². The van der Waals surface area contributed by atoms with Gasteiger partial charge < -0.3 is 0 Å². The Bertz CT molecular complexity index is 581. The van der Waals surface area contributed by atoms with Crippen molar-refractivity contribution in [3.63, 3.8) is 0 Å². The van der Waals surface area contributed by atoms with Crippen molar-refractivity contribution in [3.8, 4) is 0 Å². The highest BCUT2D eigenvalue weighted by atomic mass is 32.3. The third kappa shape index (κ3) is 2.05. The van der Waals surface area contributed by atoms with Crippen LogP contribution in [0.3, 0.4) is 0 Å². The van der Waals surface area contributed by atoms with Crippen LogP contribution >= 0.6 is 9.89 Å². The fourth-order valence-electron chi connectivity index (χ4n) is 3.36. The predicted octanol–water partition coefficient (Wildman–Crippen LogP) is 5.04. The van der Waals surface area contributed by atoms with E-state index in [0.717, 1.165) is 11.2 Å². The highest BCUT2D eigenvalue weighted by Gasteiger charge is 2.37. The summed E-state index contributed by atoms with van der Waals surface area (Å²) in [7, 11) is 0.191. The topological polar surface area (TPSA) is 0 Å². The fraction of sp³-hybridized carbons (Fsp3) is 0.412. The minimum Gasteiger partial charge on any atom is -0.174 e. The molecule has 100 valence electrons. The summed E-state index contributed by atoms with van der Waals surface area (Å²) in [5, 5.41) is 0.771. The van der Waals surface area contributed by atoms with Crippen molar-refractivity contribution in [2.75, 3.05) is 0 Å². The lowest BCUT2D eigenvalue weighted by atomic mass is 9.88. The molecule has 2 aliphatic carbocycles. The van der Waals surface area contributed by atoms with Gasteiger partial charge in [0.25, 0.3) is 0 Å². The molecule has 19 heavy (non-hydrogen) atoms. The first kappa shape index (κ1) is 13.3. The van der Waals surface area contributed by atoms with Crippen LogP contribution in [0.15, 0.2) is 58.6 Å². The molecule has 2 atom stereocenters. The van der Waals surface area contributed by atoms with Crippen LogP contribution in [0.1, 0.15) is 13.8 Å². The smallest absolute Gasteiger partial charge is 0.0425 e. The molecular weight excluding hydrogens is 264 g/mol. The maximum atomic E-state index is 2.49. The standard InChI is InChI=1S/C17H22SSi/c1-12(2)17-16(13-8-5-6-9-13)14-10-7-11-15(14)18(17)19(3)4/h5-13,17H,1-4H3. The van der Waals surface area contributed by atoms with Gasteiger partial charge in [0.05, 0.1) is 0 Å². The van der Waals surface area contributed by atoms with E-state index in [-0.39, 0.29) is 7.50 Å². The molecule has 1 heterocycles. The van der Waals surface area contributed by atoms with E-state index in [2.05, 4.69) is 69.5 Å². The van der Waals surface area contributed by atoms with Gasteiger partial charge >= 0.3 is 0 Å². The van der Waals surface area contributed by atoms with Crippen molar-refractivity contribution in [1.82, 2.24) is 0 Å². The zero-order valence-corrected chi connectivity index (χ0v) is 14.0. The third-order valence-electron chi connectivity index (χ3n) is 4.04. The molecule has 0 aromatic heterocycles. The van der Waals surface area contributed by atoms with E-state index >= 15 is 0 Å². The van der Waals surface area contributed by atoms with Crippen LogP contribution in [0, 0.1) is 11.8 Å². The lowest BCUT2D eigenvalue weighted by Gasteiger charge is -2.26. The van der Waals surface area contributed by atoms with Gasteiger partial charge in [-0.15, -0.1) is 0 Å². The third-order valence-corrected chi connectivity index (χ3v) is 11.1. The van der Waals surface area contributed by atoms with Crippen molar-refractivity contribution in [3.05, 3.63) is 58.6 Å². The van der Waals surface area contributed by atoms with Crippen LogP contribution in [-0.2, 0) is 0 Å². The molecule has 0 fully saturated rings. The van der Waals surface area contributed by atoms with E-state index in [1.165, 1.54) is 0 Å². The van der Waals surface area contributed by atoms with Crippen LogP contribution in [-0.4, -0.2) is 12.8 Å². The largest absolute Gasteiger partial charge is 0.174 e. The maximum Gasteiger partial charge on any atom is 0.0425 e. The molecule has 0 spiro atoms. The Balaban J connectivity index is 2.18. The summed E-state index contributed by atoms with van der Waals surface area (Å²) in [5.41, 5.74) is 3.28. The summed E-state index contributed by atoms with van der Waals surface area (Å²) in [5.74, 6) is 1.29. The van der Waals surface area contributed by atoms with Gasteiger partial charge in [-0.05, 0) is 23.1 Å². The van der Waals surface area contributed by atoms with Gasteiger partial charge in [0.1, 0.15) is 0 Å². The summed E-state index contributed by atoms with van der Waals surface area (Å²) in [6.45, 7) is 9.79. The Hall–Kier alpha value is -0.733. The predicted molar refractivity (Wildman–Crippen MR) is 89.7 cm³/mol. The molecule has 2 unspecified atom stereocenters. The lowest BCUT2D eigenvalue weighted by Crippen LogP contribution is -2.19. The molecule has 0 saturated carbocycles. The second-order valence-corrected chi connectivity index (χ2v) is 13.2. The van der Waals surface area contributed by atoms with Crippen LogP contribution in [0.25, 0.3) is 0 Å². The Morgan fingerprint density at radius 1 is 1.11 bits per heavy atom. The van der Waals surface area contributed by atoms with E-state index in [4.69, 9.17) is 0 Å². The lowest BCUT2D eigenvalue weighted by molar-refractivity contribution is 0.636. The van der Waals surface area contributed by atoms with Gasteiger partial charge in [0, 0.05) is 23.6 Å². The summed E-state index contributed by atoms with van der Waals surface area (Å²) < 4.78 is 0. The molecule has 3 aliphatic rings. The van der Waals surface area contributed by atoms with Crippen LogP contribution in [0.5, 0.6) is 0 Å². The second-order valence-electron chi connectivity index (χ2n) is 5.97. The second kappa shape index (κ2) is 4.99. The zero-order chi connectivity index (χ0) is 13.6. The van der Waals surface area contributed by atoms with Crippen LogP contribution < -0.4 is 0 Å². The fourth-order valence-corrected chi connectivity index (χ4v) is 10.9. The molecule has 0 bridgehead atoms. The minimum atomic E-state index is -0.290.